The quantitative estimate of drug-likeness (QED) is 0.736. The van der Waals surface area contributed by atoms with E-state index in [0.717, 1.165) is 55.6 Å². The summed E-state index contributed by atoms with van der Waals surface area (Å²) in [7, 11) is 0. The summed E-state index contributed by atoms with van der Waals surface area (Å²) in [4.78, 5) is 0. The summed E-state index contributed by atoms with van der Waals surface area (Å²) in [6, 6.07) is 0. The molecule has 8 atom stereocenters. The summed E-state index contributed by atoms with van der Waals surface area (Å²) in [5, 5.41) is 9.80. The van der Waals surface area contributed by atoms with Gasteiger partial charge in [0.05, 0.1) is 13.2 Å². The van der Waals surface area contributed by atoms with Gasteiger partial charge in [-0.2, -0.15) is 0 Å². The molecule has 3 heteroatoms. The van der Waals surface area contributed by atoms with Crippen molar-refractivity contribution in [1.29, 1.82) is 0 Å². The molecule has 0 amide bonds. The SMILES string of the molecule is C[C@H](CO)[C@H]1CC[C@H]2[C@@H]3CC[C@H]4CC5(CC[C@]4(C)[C@H]3CC[C@]12C)OCCO5. The number of aliphatic hydroxyl groups excluding tert-OH is 1. The molecule has 0 bridgehead atoms. The Morgan fingerprint density at radius 2 is 1.63 bits per heavy atom. The molecule has 4 saturated carbocycles. The molecule has 0 aromatic carbocycles. The van der Waals surface area contributed by atoms with Crippen LogP contribution in [0.1, 0.15) is 78.6 Å². The highest BCUT2D eigenvalue weighted by Crippen LogP contribution is 2.69. The van der Waals surface area contributed by atoms with Gasteiger partial charge in [-0.1, -0.05) is 20.8 Å². The highest BCUT2D eigenvalue weighted by Gasteiger charge is 2.62. The zero-order valence-corrected chi connectivity index (χ0v) is 17.7. The number of aliphatic hydroxyl groups is 1. The van der Waals surface area contributed by atoms with Crippen LogP contribution in [0.4, 0.5) is 0 Å². The van der Waals surface area contributed by atoms with Crippen LogP contribution in [0, 0.1) is 46.3 Å². The molecular weight excluding hydrogens is 336 g/mol. The molecule has 1 heterocycles. The molecule has 4 aliphatic carbocycles. The van der Waals surface area contributed by atoms with Gasteiger partial charge in [-0.05, 0) is 91.3 Å². The van der Waals surface area contributed by atoms with Crippen molar-refractivity contribution >= 4 is 0 Å². The molecular formula is C24H40O3. The summed E-state index contributed by atoms with van der Waals surface area (Å²) >= 11 is 0. The number of fused-ring (bicyclic) bond motifs is 5. The normalized spacial score (nSPS) is 52.2. The van der Waals surface area contributed by atoms with Crippen molar-refractivity contribution in [3.63, 3.8) is 0 Å². The van der Waals surface area contributed by atoms with E-state index in [1.54, 1.807) is 0 Å². The molecule has 5 fully saturated rings. The zero-order chi connectivity index (χ0) is 18.9. The van der Waals surface area contributed by atoms with E-state index in [0.29, 0.717) is 23.4 Å². The van der Waals surface area contributed by atoms with Gasteiger partial charge in [0.1, 0.15) is 0 Å². The van der Waals surface area contributed by atoms with E-state index in [-0.39, 0.29) is 5.79 Å². The fourth-order valence-electron chi connectivity index (χ4n) is 9.06. The lowest BCUT2D eigenvalue weighted by Gasteiger charge is -2.62. The maximum absolute atomic E-state index is 9.80. The third-order valence-corrected chi connectivity index (χ3v) is 10.5. The van der Waals surface area contributed by atoms with E-state index in [1.165, 1.54) is 44.9 Å². The van der Waals surface area contributed by atoms with E-state index in [2.05, 4.69) is 20.8 Å². The lowest BCUT2D eigenvalue weighted by Crippen LogP contribution is -2.56. The maximum atomic E-state index is 9.80. The fraction of sp³-hybridized carbons (Fsp3) is 1.00. The van der Waals surface area contributed by atoms with Crippen molar-refractivity contribution in [2.45, 2.75) is 84.3 Å². The van der Waals surface area contributed by atoms with Gasteiger partial charge in [0.25, 0.3) is 0 Å². The summed E-state index contributed by atoms with van der Waals surface area (Å²) in [5.41, 5.74) is 0.964. The number of rotatable bonds is 2. The molecule has 0 aromatic heterocycles. The van der Waals surface area contributed by atoms with Gasteiger partial charge >= 0.3 is 0 Å². The highest BCUT2D eigenvalue weighted by molar-refractivity contribution is 5.10. The van der Waals surface area contributed by atoms with Gasteiger partial charge in [0.2, 0.25) is 0 Å². The molecule has 0 aromatic rings. The van der Waals surface area contributed by atoms with Crippen LogP contribution in [0.3, 0.4) is 0 Å². The Morgan fingerprint density at radius 3 is 2.37 bits per heavy atom. The molecule has 1 spiro atoms. The first-order valence-electron chi connectivity index (χ1n) is 11.8. The number of hydrogen-bond donors (Lipinski definition) is 1. The van der Waals surface area contributed by atoms with E-state index in [1.807, 2.05) is 0 Å². The van der Waals surface area contributed by atoms with E-state index >= 15 is 0 Å². The maximum Gasteiger partial charge on any atom is 0.168 e. The smallest absolute Gasteiger partial charge is 0.168 e. The lowest BCUT2D eigenvalue weighted by atomic mass is 9.44. The Hall–Kier alpha value is -0.120. The van der Waals surface area contributed by atoms with Gasteiger partial charge in [0.15, 0.2) is 5.79 Å². The third kappa shape index (κ3) is 2.63. The second kappa shape index (κ2) is 6.44. The van der Waals surface area contributed by atoms with E-state index < -0.39 is 0 Å². The molecule has 1 aliphatic heterocycles. The molecule has 5 rings (SSSR count). The first kappa shape index (κ1) is 18.9. The van der Waals surface area contributed by atoms with E-state index in [9.17, 15) is 5.11 Å². The molecule has 5 aliphatic rings. The Kier molecular flexibility index (Phi) is 4.50. The fourth-order valence-corrected chi connectivity index (χ4v) is 9.06. The summed E-state index contributed by atoms with van der Waals surface area (Å²) in [6.07, 6.45) is 11.9. The Labute approximate surface area is 165 Å². The summed E-state index contributed by atoms with van der Waals surface area (Å²) in [5.74, 6) is 4.46. The Bertz CT molecular complexity index is 570. The summed E-state index contributed by atoms with van der Waals surface area (Å²) < 4.78 is 12.2. The van der Waals surface area contributed by atoms with Gasteiger partial charge in [0, 0.05) is 19.4 Å². The monoisotopic (exact) mass is 376 g/mol. The molecule has 1 N–H and O–H groups in total. The van der Waals surface area contributed by atoms with Crippen LogP contribution < -0.4 is 0 Å². The zero-order valence-electron chi connectivity index (χ0n) is 17.7. The average Bonchev–Trinajstić information content (AvgIpc) is 3.26. The van der Waals surface area contributed by atoms with Crippen LogP contribution >= 0.6 is 0 Å². The Balaban J connectivity index is 1.38. The van der Waals surface area contributed by atoms with Crippen LogP contribution in [0.15, 0.2) is 0 Å². The molecule has 27 heavy (non-hydrogen) atoms. The van der Waals surface area contributed by atoms with E-state index in [4.69, 9.17) is 9.47 Å². The molecule has 0 radical (unpaired) electrons. The van der Waals surface area contributed by atoms with Crippen molar-refractivity contribution in [2.75, 3.05) is 19.8 Å². The summed E-state index contributed by atoms with van der Waals surface area (Å²) in [6.45, 7) is 9.44. The molecule has 0 unspecified atom stereocenters. The van der Waals surface area contributed by atoms with Crippen LogP contribution in [-0.4, -0.2) is 30.7 Å². The van der Waals surface area contributed by atoms with Crippen molar-refractivity contribution in [3.8, 4) is 0 Å². The van der Waals surface area contributed by atoms with Crippen molar-refractivity contribution in [2.24, 2.45) is 46.3 Å². The van der Waals surface area contributed by atoms with Gasteiger partial charge < -0.3 is 14.6 Å². The molecule has 1 saturated heterocycles. The van der Waals surface area contributed by atoms with Crippen LogP contribution in [0.2, 0.25) is 0 Å². The lowest BCUT2D eigenvalue weighted by molar-refractivity contribution is -0.229. The third-order valence-electron chi connectivity index (χ3n) is 10.5. The van der Waals surface area contributed by atoms with Gasteiger partial charge in [-0.25, -0.2) is 0 Å². The van der Waals surface area contributed by atoms with Crippen molar-refractivity contribution in [3.05, 3.63) is 0 Å². The van der Waals surface area contributed by atoms with Crippen molar-refractivity contribution < 1.29 is 14.6 Å². The largest absolute Gasteiger partial charge is 0.396 e. The average molecular weight is 377 g/mol. The van der Waals surface area contributed by atoms with Gasteiger partial charge in [-0.15, -0.1) is 0 Å². The minimum absolute atomic E-state index is 0.227. The first-order chi connectivity index (χ1) is 12.9. The van der Waals surface area contributed by atoms with Gasteiger partial charge in [-0.3, -0.25) is 0 Å². The minimum Gasteiger partial charge on any atom is -0.396 e. The number of hydrogen-bond acceptors (Lipinski definition) is 3. The standard InChI is InChI=1S/C24H40O3/c1-16(15-25)19-6-7-20-18-5-4-17-14-24(26-12-13-27-24)11-10-22(17,2)21(18)8-9-23(19,20)3/h16-21,25H,4-15H2,1-3H3/t16-,17+,18+,19-,20+,21+,22+,23-/m1/s1. The number of ether oxygens (including phenoxy) is 2. The second-order valence-corrected chi connectivity index (χ2v) is 11.4. The first-order valence-corrected chi connectivity index (χ1v) is 11.8. The highest BCUT2D eigenvalue weighted by atomic mass is 16.7. The molecule has 154 valence electrons. The van der Waals surface area contributed by atoms with Crippen molar-refractivity contribution in [1.82, 2.24) is 0 Å². The predicted molar refractivity (Wildman–Crippen MR) is 106 cm³/mol. The predicted octanol–water partition coefficient (Wildman–Crippen LogP) is 5.02. The molecule has 3 nitrogen and oxygen atoms in total. The topological polar surface area (TPSA) is 38.7 Å². The van der Waals surface area contributed by atoms with Crippen LogP contribution in [0.25, 0.3) is 0 Å². The Morgan fingerprint density at radius 1 is 0.889 bits per heavy atom. The van der Waals surface area contributed by atoms with Crippen LogP contribution in [-0.2, 0) is 9.47 Å². The second-order valence-electron chi connectivity index (χ2n) is 11.4. The minimum atomic E-state index is -0.227. The van der Waals surface area contributed by atoms with Crippen LogP contribution in [0.5, 0.6) is 0 Å².